The van der Waals surface area contributed by atoms with Crippen molar-refractivity contribution in [3.63, 3.8) is 0 Å². The van der Waals surface area contributed by atoms with E-state index >= 15 is 0 Å². The van der Waals surface area contributed by atoms with Gasteiger partial charge in [-0.1, -0.05) is 0 Å². The first-order valence-corrected chi connectivity index (χ1v) is 5.35. The SMILES string of the molecule is CC(C)(C)OC(=O)N[C@H]1CCC(C=O)C1. The fraction of sp³-hybridized carbons (Fsp3) is 0.818. The normalized spacial score (nSPS) is 26.1. The molecule has 4 nitrogen and oxygen atoms in total. The number of amides is 1. The number of aldehydes is 1. The monoisotopic (exact) mass is 213 g/mol. The van der Waals surface area contributed by atoms with E-state index in [0.29, 0.717) is 0 Å². The molecule has 2 atom stereocenters. The van der Waals surface area contributed by atoms with Crippen molar-refractivity contribution in [1.82, 2.24) is 5.32 Å². The highest BCUT2D eigenvalue weighted by Gasteiger charge is 2.27. The van der Waals surface area contributed by atoms with Gasteiger partial charge in [0.2, 0.25) is 0 Å². The van der Waals surface area contributed by atoms with Crippen LogP contribution in [0.4, 0.5) is 4.79 Å². The van der Waals surface area contributed by atoms with Gasteiger partial charge in [-0.15, -0.1) is 0 Å². The minimum atomic E-state index is -0.466. The van der Waals surface area contributed by atoms with Crippen LogP contribution in [0.25, 0.3) is 0 Å². The van der Waals surface area contributed by atoms with Gasteiger partial charge < -0.3 is 14.8 Å². The molecule has 1 saturated carbocycles. The van der Waals surface area contributed by atoms with E-state index < -0.39 is 5.60 Å². The lowest BCUT2D eigenvalue weighted by atomic mass is 10.1. The van der Waals surface area contributed by atoms with E-state index in [1.165, 1.54) is 0 Å². The summed E-state index contributed by atoms with van der Waals surface area (Å²) >= 11 is 0. The maximum absolute atomic E-state index is 11.4. The predicted molar refractivity (Wildman–Crippen MR) is 56.6 cm³/mol. The van der Waals surface area contributed by atoms with E-state index in [-0.39, 0.29) is 18.1 Å². The Kier molecular flexibility index (Phi) is 3.72. The Morgan fingerprint density at radius 1 is 1.40 bits per heavy atom. The van der Waals surface area contributed by atoms with E-state index in [0.717, 1.165) is 25.5 Å². The number of hydrogen-bond acceptors (Lipinski definition) is 3. The van der Waals surface area contributed by atoms with Crippen molar-refractivity contribution in [2.45, 2.75) is 51.7 Å². The molecule has 0 radical (unpaired) electrons. The average molecular weight is 213 g/mol. The van der Waals surface area contributed by atoms with Gasteiger partial charge in [0.1, 0.15) is 11.9 Å². The molecule has 0 aromatic carbocycles. The van der Waals surface area contributed by atoms with Crippen LogP contribution in [-0.2, 0) is 9.53 Å². The second-order valence-corrected chi connectivity index (χ2v) is 5.05. The van der Waals surface area contributed by atoms with Crippen molar-refractivity contribution in [3.05, 3.63) is 0 Å². The molecule has 0 aliphatic heterocycles. The fourth-order valence-electron chi connectivity index (χ4n) is 1.75. The molecule has 1 fully saturated rings. The van der Waals surface area contributed by atoms with Crippen molar-refractivity contribution in [2.75, 3.05) is 0 Å². The van der Waals surface area contributed by atoms with Gasteiger partial charge in [0, 0.05) is 12.0 Å². The minimum Gasteiger partial charge on any atom is -0.444 e. The second kappa shape index (κ2) is 4.64. The fourth-order valence-corrected chi connectivity index (χ4v) is 1.75. The molecule has 0 spiro atoms. The summed E-state index contributed by atoms with van der Waals surface area (Å²) in [6.07, 6.45) is 3.05. The number of carbonyl (C=O) groups excluding carboxylic acids is 2. The third-order valence-corrected chi connectivity index (χ3v) is 2.39. The minimum absolute atomic E-state index is 0.0926. The van der Waals surface area contributed by atoms with Crippen molar-refractivity contribution >= 4 is 12.4 Å². The van der Waals surface area contributed by atoms with Crippen molar-refractivity contribution < 1.29 is 14.3 Å². The number of rotatable bonds is 2. The third kappa shape index (κ3) is 4.32. The molecule has 0 aromatic rings. The van der Waals surface area contributed by atoms with Gasteiger partial charge in [0.15, 0.2) is 0 Å². The molecule has 1 aliphatic rings. The largest absolute Gasteiger partial charge is 0.444 e. The molecule has 0 saturated heterocycles. The summed E-state index contributed by atoms with van der Waals surface area (Å²) in [6.45, 7) is 5.49. The molecule has 4 heteroatoms. The summed E-state index contributed by atoms with van der Waals surface area (Å²) in [6, 6.07) is 0.0926. The molecule has 86 valence electrons. The summed E-state index contributed by atoms with van der Waals surface area (Å²) in [5, 5.41) is 2.78. The number of hydrogen-bond donors (Lipinski definition) is 1. The zero-order chi connectivity index (χ0) is 11.5. The lowest BCUT2D eigenvalue weighted by Crippen LogP contribution is -2.37. The van der Waals surface area contributed by atoms with Crippen LogP contribution < -0.4 is 5.32 Å². The summed E-state index contributed by atoms with van der Waals surface area (Å²) in [5.74, 6) is 0.102. The predicted octanol–water partition coefficient (Wildman–Crippen LogP) is 1.88. The molecule has 15 heavy (non-hydrogen) atoms. The van der Waals surface area contributed by atoms with Crippen LogP contribution in [0.2, 0.25) is 0 Å². The first kappa shape index (κ1) is 12.0. The van der Waals surface area contributed by atoms with Crippen molar-refractivity contribution in [3.8, 4) is 0 Å². The molecular formula is C11H19NO3. The highest BCUT2D eigenvalue weighted by atomic mass is 16.6. The highest BCUT2D eigenvalue weighted by molar-refractivity contribution is 5.68. The van der Waals surface area contributed by atoms with E-state index in [1.54, 1.807) is 0 Å². The molecule has 1 unspecified atom stereocenters. The van der Waals surface area contributed by atoms with Crippen LogP contribution >= 0.6 is 0 Å². The van der Waals surface area contributed by atoms with Gasteiger partial charge in [-0.2, -0.15) is 0 Å². The molecule has 1 N–H and O–H groups in total. The van der Waals surface area contributed by atoms with Crippen molar-refractivity contribution in [2.24, 2.45) is 5.92 Å². The molecule has 0 bridgehead atoms. The highest BCUT2D eigenvalue weighted by Crippen LogP contribution is 2.23. The van der Waals surface area contributed by atoms with Gasteiger partial charge in [0.05, 0.1) is 0 Å². The van der Waals surface area contributed by atoms with E-state index in [9.17, 15) is 9.59 Å². The summed E-state index contributed by atoms with van der Waals surface area (Å²) in [7, 11) is 0. The lowest BCUT2D eigenvalue weighted by molar-refractivity contribution is -0.110. The van der Waals surface area contributed by atoms with Gasteiger partial charge >= 0.3 is 6.09 Å². The van der Waals surface area contributed by atoms with Crippen LogP contribution in [0, 0.1) is 5.92 Å². The number of alkyl carbamates (subject to hydrolysis) is 1. The molecule has 0 aromatic heterocycles. The molecular weight excluding hydrogens is 194 g/mol. The number of nitrogens with one attached hydrogen (secondary N) is 1. The quantitative estimate of drug-likeness (QED) is 0.712. The smallest absolute Gasteiger partial charge is 0.407 e. The Morgan fingerprint density at radius 2 is 2.07 bits per heavy atom. The standard InChI is InChI=1S/C11H19NO3/c1-11(2,3)15-10(14)12-9-5-4-8(6-9)7-13/h7-9H,4-6H2,1-3H3,(H,12,14)/t8?,9-/m0/s1. The molecule has 1 amide bonds. The topological polar surface area (TPSA) is 55.4 Å². The van der Waals surface area contributed by atoms with Gasteiger partial charge in [-0.3, -0.25) is 0 Å². The first-order chi connectivity index (χ1) is 6.90. The summed E-state index contributed by atoms with van der Waals surface area (Å²) in [4.78, 5) is 21.9. The van der Waals surface area contributed by atoms with Crippen LogP contribution in [0.15, 0.2) is 0 Å². The van der Waals surface area contributed by atoms with Crippen LogP contribution in [0.1, 0.15) is 40.0 Å². The van der Waals surface area contributed by atoms with E-state index in [2.05, 4.69) is 5.32 Å². The number of carbonyl (C=O) groups is 2. The molecule has 1 aliphatic carbocycles. The average Bonchev–Trinajstić information content (AvgIpc) is 2.48. The summed E-state index contributed by atoms with van der Waals surface area (Å²) in [5.41, 5.74) is -0.466. The lowest BCUT2D eigenvalue weighted by Gasteiger charge is -2.21. The van der Waals surface area contributed by atoms with Crippen LogP contribution in [0.3, 0.4) is 0 Å². The Morgan fingerprint density at radius 3 is 2.53 bits per heavy atom. The molecule has 1 rings (SSSR count). The van der Waals surface area contributed by atoms with Gasteiger partial charge in [-0.05, 0) is 40.0 Å². The maximum atomic E-state index is 11.4. The zero-order valence-electron chi connectivity index (χ0n) is 9.58. The zero-order valence-corrected chi connectivity index (χ0v) is 9.58. The first-order valence-electron chi connectivity index (χ1n) is 5.35. The molecule has 0 heterocycles. The summed E-state index contributed by atoms with van der Waals surface area (Å²) < 4.78 is 5.13. The van der Waals surface area contributed by atoms with Crippen LogP contribution in [-0.4, -0.2) is 24.0 Å². The third-order valence-electron chi connectivity index (χ3n) is 2.39. The maximum Gasteiger partial charge on any atom is 0.407 e. The Labute approximate surface area is 90.4 Å². The van der Waals surface area contributed by atoms with Gasteiger partial charge in [-0.25, -0.2) is 4.79 Å². The second-order valence-electron chi connectivity index (χ2n) is 5.05. The van der Waals surface area contributed by atoms with E-state index in [1.807, 2.05) is 20.8 Å². The Balaban J connectivity index is 2.31. The number of ether oxygens (including phenoxy) is 1. The van der Waals surface area contributed by atoms with Crippen LogP contribution in [0.5, 0.6) is 0 Å². The van der Waals surface area contributed by atoms with E-state index in [4.69, 9.17) is 4.74 Å². The Bertz CT molecular complexity index is 245. The van der Waals surface area contributed by atoms with Gasteiger partial charge in [0.25, 0.3) is 0 Å². The van der Waals surface area contributed by atoms with Crippen molar-refractivity contribution in [1.29, 1.82) is 0 Å². The Hall–Kier alpha value is -1.06.